The van der Waals surface area contributed by atoms with Gasteiger partial charge in [-0.1, -0.05) is 24.8 Å². The number of benzene rings is 2. The number of nitrogens with two attached hydrogens (primary N) is 1. The highest BCUT2D eigenvalue weighted by atomic mass is 16.5. The topological polar surface area (TPSA) is 108 Å². The third-order valence-corrected chi connectivity index (χ3v) is 5.80. The molecule has 2 heterocycles. The average Bonchev–Trinajstić information content (AvgIpc) is 3.20. The first-order valence-electron chi connectivity index (χ1n) is 11.4. The van der Waals surface area contributed by atoms with Gasteiger partial charge in [-0.15, -0.1) is 0 Å². The number of aromatic nitrogens is 3. The molecule has 0 atom stereocenters. The number of rotatable bonds is 10. The molecule has 0 saturated carbocycles. The van der Waals surface area contributed by atoms with E-state index < -0.39 is 5.91 Å². The lowest BCUT2D eigenvalue weighted by molar-refractivity contribution is -0.112. The van der Waals surface area contributed by atoms with E-state index in [9.17, 15) is 4.79 Å². The van der Waals surface area contributed by atoms with E-state index >= 15 is 0 Å². The molecule has 0 bridgehead atoms. The summed E-state index contributed by atoms with van der Waals surface area (Å²) in [5, 5.41) is 4.31. The average molecular weight is 487 g/mol. The molecule has 0 unspecified atom stereocenters. The number of methoxy groups -OCH3 is 1. The number of ether oxygens (including phenoxy) is 2. The Kier molecular flexibility index (Phi) is 7.21. The van der Waals surface area contributed by atoms with Crippen molar-refractivity contribution >= 4 is 34.0 Å². The zero-order valence-electron chi connectivity index (χ0n) is 20.9. The first kappa shape index (κ1) is 24.7. The molecule has 9 nitrogen and oxygen atoms in total. The second kappa shape index (κ2) is 10.5. The van der Waals surface area contributed by atoms with Crippen LogP contribution in [0.25, 0.3) is 27.7 Å². The highest BCUT2D eigenvalue weighted by Crippen LogP contribution is 2.38. The van der Waals surface area contributed by atoms with Crippen LogP contribution in [0.1, 0.15) is 5.56 Å². The summed E-state index contributed by atoms with van der Waals surface area (Å²) >= 11 is 0. The highest BCUT2D eigenvalue weighted by molar-refractivity contribution is 6.19. The lowest BCUT2D eigenvalue weighted by Gasteiger charge is -2.18. The Bertz CT molecular complexity index is 1430. The third-order valence-electron chi connectivity index (χ3n) is 5.80. The van der Waals surface area contributed by atoms with Crippen molar-refractivity contribution in [2.75, 3.05) is 39.7 Å². The number of amides is 1. The zero-order chi connectivity index (χ0) is 25.8. The van der Waals surface area contributed by atoms with Crippen molar-refractivity contribution in [2.45, 2.75) is 0 Å². The Hall–Kier alpha value is -4.37. The Morgan fingerprint density at radius 2 is 1.97 bits per heavy atom. The van der Waals surface area contributed by atoms with E-state index in [2.05, 4.69) is 33.6 Å². The van der Waals surface area contributed by atoms with E-state index in [1.54, 1.807) is 25.4 Å². The number of nitrogens with one attached hydrogen (secondary N) is 1. The van der Waals surface area contributed by atoms with Gasteiger partial charge in [0.2, 0.25) is 11.9 Å². The normalized spacial score (nSPS) is 11.0. The van der Waals surface area contributed by atoms with Crippen LogP contribution in [0.5, 0.6) is 11.5 Å². The van der Waals surface area contributed by atoms with Gasteiger partial charge in [-0.25, -0.2) is 9.97 Å². The van der Waals surface area contributed by atoms with Gasteiger partial charge < -0.3 is 30.0 Å². The van der Waals surface area contributed by atoms with Crippen molar-refractivity contribution in [3.8, 4) is 22.8 Å². The van der Waals surface area contributed by atoms with Crippen molar-refractivity contribution in [1.29, 1.82) is 0 Å². The third kappa shape index (κ3) is 5.16. The van der Waals surface area contributed by atoms with Gasteiger partial charge in [-0.2, -0.15) is 0 Å². The largest absolute Gasteiger partial charge is 0.494 e. The quantitative estimate of drug-likeness (QED) is 0.328. The van der Waals surface area contributed by atoms with Crippen LogP contribution in [0.15, 0.2) is 61.4 Å². The minimum Gasteiger partial charge on any atom is -0.494 e. The maximum atomic E-state index is 11.9. The van der Waals surface area contributed by atoms with Gasteiger partial charge in [-0.3, -0.25) is 4.79 Å². The van der Waals surface area contributed by atoms with Crippen LogP contribution in [-0.2, 0) is 11.8 Å². The lowest BCUT2D eigenvalue weighted by atomic mass is 10.0. The maximum absolute atomic E-state index is 11.9. The fourth-order valence-corrected chi connectivity index (χ4v) is 3.89. The van der Waals surface area contributed by atoms with Gasteiger partial charge in [0.05, 0.1) is 18.5 Å². The van der Waals surface area contributed by atoms with Gasteiger partial charge in [-0.05, 0) is 32.3 Å². The van der Waals surface area contributed by atoms with Gasteiger partial charge in [0.1, 0.15) is 18.1 Å². The summed E-state index contributed by atoms with van der Waals surface area (Å²) in [6.45, 7) is 4.96. The van der Waals surface area contributed by atoms with Crippen molar-refractivity contribution < 1.29 is 14.3 Å². The smallest absolute Gasteiger partial charge is 0.248 e. The van der Waals surface area contributed by atoms with Crippen molar-refractivity contribution in [2.24, 2.45) is 12.8 Å². The summed E-state index contributed by atoms with van der Waals surface area (Å²) in [5.74, 6) is 0.678. The predicted molar refractivity (Wildman–Crippen MR) is 142 cm³/mol. The van der Waals surface area contributed by atoms with Crippen LogP contribution >= 0.6 is 0 Å². The summed E-state index contributed by atoms with van der Waals surface area (Å²) in [6, 6.07) is 13.4. The highest BCUT2D eigenvalue weighted by Gasteiger charge is 2.18. The van der Waals surface area contributed by atoms with Crippen LogP contribution in [0.4, 0.5) is 11.6 Å². The minimum atomic E-state index is -0.641. The van der Waals surface area contributed by atoms with Crippen LogP contribution in [-0.4, -0.2) is 59.7 Å². The molecule has 4 aromatic rings. The number of aryl methyl sites for hydroxylation is 1. The number of hydrogen-bond donors (Lipinski definition) is 2. The molecule has 9 heteroatoms. The van der Waals surface area contributed by atoms with Crippen molar-refractivity contribution in [3.63, 3.8) is 0 Å². The van der Waals surface area contributed by atoms with Crippen LogP contribution in [0.2, 0.25) is 0 Å². The minimum absolute atomic E-state index is 0.131. The molecule has 0 spiro atoms. The molecule has 0 fully saturated rings. The standard InChI is InChI=1S/C27H30N6O3/c1-17(26(28)34)19-14-22(25(35-5)15-24(19)36-13-12-32(2)3)31-27-29-11-10-21(30-27)20-16-33(4)23-9-7-6-8-18(20)23/h6-11,14-16H,1,12-13H2,2-5H3,(H2,28,34)(H,29,30,31). The van der Waals surface area contributed by atoms with E-state index in [1.165, 1.54) is 0 Å². The molecule has 1 amide bonds. The molecular formula is C27H30N6O3. The summed E-state index contributed by atoms with van der Waals surface area (Å²) in [4.78, 5) is 23.1. The Labute approximate surface area is 210 Å². The second-order valence-corrected chi connectivity index (χ2v) is 8.60. The van der Waals surface area contributed by atoms with Crippen LogP contribution in [0, 0.1) is 0 Å². The second-order valence-electron chi connectivity index (χ2n) is 8.60. The summed E-state index contributed by atoms with van der Waals surface area (Å²) in [6.07, 6.45) is 3.74. The monoisotopic (exact) mass is 486 g/mol. The molecule has 0 saturated heterocycles. The lowest BCUT2D eigenvalue weighted by Crippen LogP contribution is -2.20. The van der Waals surface area contributed by atoms with Crippen LogP contribution in [0.3, 0.4) is 0 Å². The summed E-state index contributed by atoms with van der Waals surface area (Å²) in [5.41, 5.74) is 9.56. The van der Waals surface area contributed by atoms with Crippen LogP contribution < -0.4 is 20.5 Å². The number of nitrogens with zero attached hydrogens (tertiary/aromatic N) is 4. The van der Waals surface area contributed by atoms with Gasteiger partial charge >= 0.3 is 0 Å². The number of likely N-dealkylation sites (N-methyl/N-ethyl adjacent to an activating group) is 1. The molecule has 2 aromatic carbocycles. The number of carbonyl (C=O) groups is 1. The number of para-hydroxylation sites is 1. The van der Waals surface area contributed by atoms with E-state index in [1.807, 2.05) is 50.4 Å². The van der Waals surface area contributed by atoms with E-state index in [0.717, 1.165) is 22.2 Å². The number of fused-ring (bicyclic) bond motifs is 1. The first-order valence-corrected chi connectivity index (χ1v) is 11.4. The number of carbonyl (C=O) groups excluding carboxylic acids is 1. The van der Waals surface area contributed by atoms with Gasteiger partial charge in [0, 0.05) is 59.7 Å². The fraction of sp³-hybridized carbons (Fsp3) is 0.222. The first-order chi connectivity index (χ1) is 17.3. The number of anilines is 2. The van der Waals surface area contributed by atoms with Gasteiger partial charge in [0.15, 0.2) is 0 Å². The number of hydrogen-bond acceptors (Lipinski definition) is 7. The summed E-state index contributed by atoms with van der Waals surface area (Å²) in [7, 11) is 7.46. The molecule has 0 radical (unpaired) electrons. The summed E-state index contributed by atoms with van der Waals surface area (Å²) < 4.78 is 13.6. The molecule has 3 N–H and O–H groups in total. The fourth-order valence-electron chi connectivity index (χ4n) is 3.89. The van der Waals surface area contributed by atoms with E-state index in [0.29, 0.717) is 41.8 Å². The molecule has 0 aliphatic rings. The molecule has 0 aliphatic carbocycles. The molecule has 0 aliphatic heterocycles. The van der Waals surface area contributed by atoms with E-state index in [-0.39, 0.29) is 5.57 Å². The van der Waals surface area contributed by atoms with Crippen molar-refractivity contribution in [1.82, 2.24) is 19.4 Å². The Balaban J connectivity index is 1.71. The Morgan fingerprint density at radius 1 is 1.19 bits per heavy atom. The van der Waals surface area contributed by atoms with Crippen molar-refractivity contribution in [3.05, 3.63) is 67.0 Å². The molecule has 186 valence electrons. The van der Waals surface area contributed by atoms with E-state index in [4.69, 9.17) is 20.2 Å². The number of primary amides is 1. The zero-order valence-corrected chi connectivity index (χ0v) is 20.9. The van der Waals surface area contributed by atoms with Gasteiger partial charge in [0.25, 0.3) is 0 Å². The molecule has 4 rings (SSSR count). The molecule has 2 aromatic heterocycles. The maximum Gasteiger partial charge on any atom is 0.248 e. The Morgan fingerprint density at radius 3 is 2.69 bits per heavy atom. The molecular weight excluding hydrogens is 456 g/mol. The SMILES string of the molecule is C=C(C(N)=O)c1cc(Nc2nccc(-c3cn(C)c4ccccc34)n2)c(OC)cc1OCCN(C)C. The molecule has 36 heavy (non-hydrogen) atoms. The predicted octanol–water partition coefficient (Wildman–Crippen LogP) is 3.83.